The van der Waals surface area contributed by atoms with Crippen molar-refractivity contribution in [3.63, 3.8) is 0 Å². The third kappa shape index (κ3) is 3.59. The fraction of sp³-hybridized carbons (Fsp3) is 0.125. The van der Waals surface area contributed by atoms with Crippen LogP contribution in [0, 0.1) is 5.82 Å². The van der Waals surface area contributed by atoms with Gasteiger partial charge in [0.15, 0.2) is 5.76 Å². The molecule has 0 atom stereocenters. The van der Waals surface area contributed by atoms with Crippen molar-refractivity contribution in [2.24, 2.45) is 0 Å². The molecule has 22 heavy (non-hydrogen) atoms. The Kier molecular flexibility index (Phi) is 4.29. The van der Waals surface area contributed by atoms with Gasteiger partial charge in [-0.15, -0.1) is 11.3 Å². The van der Waals surface area contributed by atoms with Crippen LogP contribution in [-0.2, 0) is 17.8 Å². The highest BCUT2D eigenvalue weighted by molar-refractivity contribution is 7.09. The van der Waals surface area contributed by atoms with E-state index in [0.717, 1.165) is 10.4 Å². The van der Waals surface area contributed by atoms with Crippen LogP contribution in [0.25, 0.3) is 11.3 Å². The lowest BCUT2D eigenvalue weighted by atomic mass is 10.1. The second-order valence-electron chi connectivity index (χ2n) is 4.72. The van der Waals surface area contributed by atoms with Crippen LogP contribution in [-0.4, -0.2) is 11.1 Å². The van der Waals surface area contributed by atoms with E-state index in [9.17, 15) is 9.18 Å². The van der Waals surface area contributed by atoms with Crippen molar-refractivity contribution < 1.29 is 13.7 Å². The lowest BCUT2D eigenvalue weighted by molar-refractivity contribution is -0.120. The van der Waals surface area contributed by atoms with Gasteiger partial charge in [-0.1, -0.05) is 11.2 Å². The Labute approximate surface area is 130 Å². The van der Waals surface area contributed by atoms with E-state index >= 15 is 0 Å². The molecule has 3 aromatic rings. The summed E-state index contributed by atoms with van der Waals surface area (Å²) in [6.45, 7) is 0.513. The summed E-state index contributed by atoms with van der Waals surface area (Å²) in [5.41, 5.74) is 1.27. The number of thiophene rings is 1. The van der Waals surface area contributed by atoms with Crippen LogP contribution in [0.15, 0.2) is 52.4 Å². The van der Waals surface area contributed by atoms with Gasteiger partial charge in [0.05, 0.1) is 18.7 Å². The van der Waals surface area contributed by atoms with Gasteiger partial charge in [-0.2, -0.15) is 0 Å². The summed E-state index contributed by atoms with van der Waals surface area (Å²) in [7, 11) is 0. The zero-order valence-corrected chi connectivity index (χ0v) is 12.4. The number of halogens is 1. The standard InChI is InChI=1S/C16H13FN2O2S/c17-12-5-3-11(4-6-12)15-8-13(19-21-15)9-16(20)18-10-14-2-1-7-22-14/h1-8H,9-10H2,(H,18,20). The Balaban J connectivity index is 1.59. The van der Waals surface area contributed by atoms with Crippen LogP contribution < -0.4 is 5.32 Å². The van der Waals surface area contributed by atoms with Crippen molar-refractivity contribution in [1.29, 1.82) is 0 Å². The largest absolute Gasteiger partial charge is 0.356 e. The van der Waals surface area contributed by atoms with Crippen LogP contribution in [0.3, 0.4) is 0 Å². The van der Waals surface area contributed by atoms with Crippen LogP contribution in [0.4, 0.5) is 4.39 Å². The van der Waals surface area contributed by atoms with Gasteiger partial charge in [0.25, 0.3) is 0 Å². The molecule has 0 aliphatic carbocycles. The van der Waals surface area contributed by atoms with E-state index in [2.05, 4.69) is 10.5 Å². The lowest BCUT2D eigenvalue weighted by Crippen LogP contribution is -2.24. The van der Waals surface area contributed by atoms with Crippen molar-refractivity contribution >= 4 is 17.2 Å². The molecule has 1 amide bonds. The minimum atomic E-state index is -0.309. The molecular formula is C16H13FN2O2S. The summed E-state index contributed by atoms with van der Waals surface area (Å²) in [6, 6.07) is 11.5. The van der Waals surface area contributed by atoms with Gasteiger partial charge in [0, 0.05) is 16.5 Å². The van der Waals surface area contributed by atoms with Crippen molar-refractivity contribution in [2.45, 2.75) is 13.0 Å². The molecule has 6 heteroatoms. The number of carbonyl (C=O) groups is 1. The average Bonchev–Trinajstić information content (AvgIpc) is 3.17. The number of nitrogens with zero attached hydrogens (tertiary/aromatic N) is 1. The molecule has 4 nitrogen and oxygen atoms in total. The number of nitrogens with one attached hydrogen (secondary N) is 1. The molecule has 0 aliphatic heterocycles. The molecule has 0 unspecified atom stereocenters. The quantitative estimate of drug-likeness (QED) is 0.785. The molecule has 0 bridgehead atoms. The maximum absolute atomic E-state index is 12.9. The number of aromatic nitrogens is 1. The second-order valence-corrected chi connectivity index (χ2v) is 5.75. The van der Waals surface area contributed by atoms with Crippen LogP contribution in [0.1, 0.15) is 10.6 Å². The van der Waals surface area contributed by atoms with Gasteiger partial charge in [-0.05, 0) is 35.7 Å². The molecule has 1 aromatic carbocycles. The molecule has 0 saturated carbocycles. The summed E-state index contributed by atoms with van der Waals surface area (Å²) in [5.74, 6) is 0.0878. The highest BCUT2D eigenvalue weighted by Crippen LogP contribution is 2.20. The molecule has 0 spiro atoms. The Morgan fingerprint density at radius 3 is 2.82 bits per heavy atom. The van der Waals surface area contributed by atoms with E-state index in [4.69, 9.17) is 4.52 Å². The first kappa shape index (κ1) is 14.5. The monoisotopic (exact) mass is 316 g/mol. The highest BCUT2D eigenvalue weighted by atomic mass is 32.1. The summed E-state index contributed by atoms with van der Waals surface area (Å²) >= 11 is 1.59. The summed E-state index contributed by atoms with van der Waals surface area (Å²) < 4.78 is 18.1. The minimum Gasteiger partial charge on any atom is -0.356 e. The molecule has 2 heterocycles. The van der Waals surface area contributed by atoms with Crippen LogP contribution in [0.2, 0.25) is 0 Å². The number of amides is 1. The molecule has 2 aromatic heterocycles. The Bertz CT molecular complexity index is 751. The van der Waals surface area contributed by atoms with E-state index in [1.807, 2.05) is 17.5 Å². The van der Waals surface area contributed by atoms with E-state index in [1.165, 1.54) is 12.1 Å². The molecular weight excluding hydrogens is 303 g/mol. The number of carbonyl (C=O) groups excluding carboxylic acids is 1. The SMILES string of the molecule is O=C(Cc1cc(-c2ccc(F)cc2)on1)NCc1cccs1. The van der Waals surface area contributed by atoms with E-state index in [0.29, 0.717) is 18.0 Å². The van der Waals surface area contributed by atoms with Gasteiger partial charge in [0.2, 0.25) is 5.91 Å². The first-order valence-electron chi connectivity index (χ1n) is 6.71. The summed E-state index contributed by atoms with van der Waals surface area (Å²) in [5, 5.41) is 8.67. The molecule has 3 rings (SSSR count). The Morgan fingerprint density at radius 1 is 1.27 bits per heavy atom. The smallest absolute Gasteiger partial charge is 0.226 e. The molecule has 0 radical (unpaired) electrons. The first-order chi connectivity index (χ1) is 10.7. The molecule has 1 N–H and O–H groups in total. The number of hydrogen-bond donors (Lipinski definition) is 1. The molecule has 0 aliphatic rings. The fourth-order valence-electron chi connectivity index (χ4n) is 1.97. The number of rotatable bonds is 5. The topological polar surface area (TPSA) is 55.1 Å². The lowest BCUT2D eigenvalue weighted by Gasteiger charge is -2.00. The third-order valence-corrected chi connectivity index (χ3v) is 3.95. The Morgan fingerprint density at radius 2 is 2.09 bits per heavy atom. The Hall–Kier alpha value is -2.47. The zero-order valence-electron chi connectivity index (χ0n) is 11.6. The molecule has 112 valence electrons. The van der Waals surface area contributed by atoms with Gasteiger partial charge in [-0.25, -0.2) is 4.39 Å². The normalized spacial score (nSPS) is 10.6. The first-order valence-corrected chi connectivity index (χ1v) is 7.59. The summed E-state index contributed by atoms with van der Waals surface area (Å²) in [6.07, 6.45) is 0.149. The van der Waals surface area contributed by atoms with Gasteiger partial charge < -0.3 is 9.84 Å². The van der Waals surface area contributed by atoms with Gasteiger partial charge in [0.1, 0.15) is 5.82 Å². The van der Waals surface area contributed by atoms with Crippen LogP contribution in [0.5, 0.6) is 0 Å². The van der Waals surface area contributed by atoms with Gasteiger partial charge >= 0.3 is 0 Å². The molecule has 0 saturated heterocycles. The van der Waals surface area contributed by atoms with E-state index in [-0.39, 0.29) is 18.1 Å². The predicted molar refractivity (Wildman–Crippen MR) is 81.8 cm³/mol. The van der Waals surface area contributed by atoms with Crippen molar-refractivity contribution in [3.05, 3.63) is 64.2 Å². The van der Waals surface area contributed by atoms with Crippen molar-refractivity contribution in [1.82, 2.24) is 10.5 Å². The number of hydrogen-bond acceptors (Lipinski definition) is 4. The highest BCUT2D eigenvalue weighted by Gasteiger charge is 2.10. The fourth-order valence-corrected chi connectivity index (χ4v) is 2.62. The van der Waals surface area contributed by atoms with E-state index in [1.54, 1.807) is 29.5 Å². The summed E-state index contributed by atoms with van der Waals surface area (Å²) in [4.78, 5) is 13.0. The molecule has 0 fully saturated rings. The number of benzene rings is 1. The minimum absolute atomic E-state index is 0.118. The zero-order chi connectivity index (χ0) is 15.4. The van der Waals surface area contributed by atoms with Crippen LogP contribution >= 0.6 is 11.3 Å². The van der Waals surface area contributed by atoms with Gasteiger partial charge in [-0.3, -0.25) is 4.79 Å². The maximum Gasteiger partial charge on any atom is 0.226 e. The third-order valence-electron chi connectivity index (χ3n) is 3.07. The second kappa shape index (κ2) is 6.53. The van der Waals surface area contributed by atoms with Crippen molar-refractivity contribution in [3.8, 4) is 11.3 Å². The van der Waals surface area contributed by atoms with Crippen molar-refractivity contribution in [2.75, 3.05) is 0 Å². The predicted octanol–water partition coefficient (Wildman–Crippen LogP) is 3.40. The van der Waals surface area contributed by atoms with E-state index < -0.39 is 0 Å². The maximum atomic E-state index is 12.9. The average molecular weight is 316 g/mol.